The Morgan fingerprint density at radius 2 is 2.00 bits per heavy atom. The van der Waals surface area contributed by atoms with Crippen molar-refractivity contribution in [2.45, 2.75) is 31.2 Å². The molecule has 142 valence electrons. The molecule has 0 aliphatic carbocycles. The van der Waals surface area contributed by atoms with Crippen LogP contribution in [0.3, 0.4) is 0 Å². The minimum Gasteiger partial charge on any atom is -0.466 e. The van der Waals surface area contributed by atoms with Crippen LogP contribution in [-0.4, -0.2) is 40.4 Å². The molecule has 3 unspecified atom stereocenters. The van der Waals surface area contributed by atoms with Gasteiger partial charge in [0.25, 0.3) is 5.69 Å². The van der Waals surface area contributed by atoms with Crippen molar-refractivity contribution in [2.24, 2.45) is 5.92 Å². The number of benzene rings is 1. The van der Waals surface area contributed by atoms with Crippen molar-refractivity contribution in [3.05, 3.63) is 39.9 Å². The Kier molecular flexibility index (Phi) is 5.21. The summed E-state index contributed by atoms with van der Waals surface area (Å²) in [5.74, 6) is -6.00. The van der Waals surface area contributed by atoms with Crippen LogP contribution in [0.15, 0.2) is 24.3 Å². The van der Waals surface area contributed by atoms with Gasteiger partial charge < -0.3 is 15.2 Å². The number of aliphatic hydroxyl groups is 1. The minimum atomic E-state index is -5.35. The number of carbonyl (C=O) groups is 2. The summed E-state index contributed by atoms with van der Waals surface area (Å²) in [6, 6.07) is 4.36. The fourth-order valence-corrected chi connectivity index (χ4v) is 2.92. The average Bonchev–Trinajstić information content (AvgIpc) is 2.53. The van der Waals surface area contributed by atoms with Crippen LogP contribution < -0.4 is 5.32 Å². The molecule has 1 heterocycles. The predicted molar refractivity (Wildman–Crippen MR) is 79.7 cm³/mol. The highest BCUT2D eigenvalue weighted by molar-refractivity contribution is 5.85. The topological polar surface area (TPSA) is 119 Å². The predicted octanol–water partition coefficient (Wildman–Crippen LogP) is 1.63. The van der Waals surface area contributed by atoms with Crippen molar-refractivity contribution >= 4 is 17.6 Å². The number of piperidine rings is 1. The molecule has 1 fully saturated rings. The van der Waals surface area contributed by atoms with Gasteiger partial charge >= 0.3 is 12.1 Å². The maximum absolute atomic E-state index is 13.4. The van der Waals surface area contributed by atoms with Gasteiger partial charge in [0.2, 0.25) is 11.6 Å². The number of hydrogen-bond donors (Lipinski definition) is 2. The highest BCUT2D eigenvalue weighted by Crippen LogP contribution is 2.46. The van der Waals surface area contributed by atoms with Gasteiger partial charge in [0.1, 0.15) is 5.92 Å². The quantitative estimate of drug-likeness (QED) is 0.468. The summed E-state index contributed by atoms with van der Waals surface area (Å²) < 4.78 is 45.0. The van der Waals surface area contributed by atoms with Crippen molar-refractivity contribution in [3.63, 3.8) is 0 Å². The molecule has 1 saturated heterocycles. The normalized spacial score (nSPS) is 26.1. The molecule has 0 saturated carbocycles. The number of alkyl halides is 3. The summed E-state index contributed by atoms with van der Waals surface area (Å²) in [6.45, 7) is 1.15. The molecule has 1 aromatic carbocycles. The molecular weight excluding hydrogens is 361 g/mol. The van der Waals surface area contributed by atoms with E-state index in [0.717, 1.165) is 24.3 Å². The number of halogens is 3. The van der Waals surface area contributed by atoms with Crippen molar-refractivity contribution < 1.29 is 37.5 Å². The van der Waals surface area contributed by atoms with Gasteiger partial charge in [-0.25, -0.2) is 0 Å². The molecule has 8 nitrogen and oxygen atoms in total. The lowest BCUT2D eigenvalue weighted by Gasteiger charge is -2.43. The summed E-state index contributed by atoms with van der Waals surface area (Å²) in [7, 11) is 0. The van der Waals surface area contributed by atoms with E-state index >= 15 is 0 Å². The number of nitro groups is 1. The van der Waals surface area contributed by atoms with E-state index < -0.39 is 47.0 Å². The number of hydrogen-bond acceptors (Lipinski definition) is 6. The molecule has 1 aliphatic rings. The molecule has 26 heavy (non-hydrogen) atoms. The fourth-order valence-electron chi connectivity index (χ4n) is 2.92. The van der Waals surface area contributed by atoms with E-state index in [1.165, 1.54) is 12.2 Å². The Balaban J connectivity index is 2.54. The Morgan fingerprint density at radius 3 is 2.46 bits per heavy atom. The largest absolute Gasteiger partial charge is 0.466 e. The maximum Gasteiger partial charge on any atom is 0.437 e. The number of non-ortho nitro benzene ring substituents is 1. The standard InChI is InChI=1S/C15H15F3N2O6/c1-2-26-13(22)12-10(8-3-5-9(6-4-8)20(24)25)7-11(21)19-14(12,23)15(16,17)18/h3-6,10,12,23H,2,7H2,1H3,(H,19,21). The van der Waals surface area contributed by atoms with Crippen molar-refractivity contribution in [1.29, 1.82) is 0 Å². The van der Waals surface area contributed by atoms with E-state index in [4.69, 9.17) is 0 Å². The summed E-state index contributed by atoms with van der Waals surface area (Å²) in [5.41, 5.74) is -4.07. The fraction of sp³-hybridized carbons (Fsp3) is 0.467. The number of nitrogens with one attached hydrogen (secondary N) is 1. The first-order valence-corrected chi connectivity index (χ1v) is 7.52. The second-order valence-corrected chi connectivity index (χ2v) is 5.70. The summed E-state index contributed by atoms with van der Waals surface area (Å²) in [4.78, 5) is 34.0. The van der Waals surface area contributed by atoms with Crippen molar-refractivity contribution in [3.8, 4) is 0 Å². The summed E-state index contributed by atoms with van der Waals surface area (Å²) >= 11 is 0. The average molecular weight is 376 g/mol. The van der Waals surface area contributed by atoms with Gasteiger partial charge in [0.15, 0.2) is 0 Å². The first-order chi connectivity index (χ1) is 12.0. The van der Waals surface area contributed by atoms with Gasteiger partial charge in [0.05, 0.1) is 11.5 Å². The van der Waals surface area contributed by atoms with Gasteiger partial charge in [-0.05, 0) is 12.5 Å². The minimum absolute atomic E-state index is 0.0613. The van der Waals surface area contributed by atoms with Gasteiger partial charge in [-0.2, -0.15) is 13.2 Å². The second-order valence-electron chi connectivity index (χ2n) is 5.70. The third-order valence-corrected chi connectivity index (χ3v) is 4.09. The van der Waals surface area contributed by atoms with Gasteiger partial charge in [-0.15, -0.1) is 0 Å². The van der Waals surface area contributed by atoms with Crippen LogP contribution in [-0.2, 0) is 14.3 Å². The van der Waals surface area contributed by atoms with E-state index in [2.05, 4.69) is 4.74 Å². The molecule has 3 atom stereocenters. The molecule has 0 aromatic heterocycles. The molecule has 0 radical (unpaired) electrons. The molecule has 2 N–H and O–H groups in total. The van der Waals surface area contributed by atoms with Crippen LogP contribution >= 0.6 is 0 Å². The van der Waals surface area contributed by atoms with Crippen LogP contribution in [0.2, 0.25) is 0 Å². The smallest absolute Gasteiger partial charge is 0.437 e. The van der Waals surface area contributed by atoms with E-state index in [1.807, 2.05) is 0 Å². The van der Waals surface area contributed by atoms with Crippen LogP contribution in [0.5, 0.6) is 0 Å². The van der Waals surface area contributed by atoms with Crippen molar-refractivity contribution in [2.75, 3.05) is 6.61 Å². The number of carbonyl (C=O) groups excluding carboxylic acids is 2. The molecule has 1 amide bonds. The molecule has 0 bridgehead atoms. The molecular formula is C15H15F3N2O6. The highest BCUT2D eigenvalue weighted by Gasteiger charge is 2.66. The van der Waals surface area contributed by atoms with Gasteiger partial charge in [0, 0.05) is 24.5 Å². The van der Waals surface area contributed by atoms with Crippen molar-refractivity contribution in [1.82, 2.24) is 5.32 Å². The monoisotopic (exact) mass is 376 g/mol. The SMILES string of the molecule is CCOC(=O)C1C(c2ccc([N+](=O)[O-])cc2)CC(=O)NC1(O)C(F)(F)F. The molecule has 0 spiro atoms. The number of esters is 1. The zero-order chi connectivity index (χ0) is 19.7. The zero-order valence-corrected chi connectivity index (χ0v) is 13.4. The molecule has 1 aromatic rings. The van der Waals surface area contributed by atoms with E-state index in [-0.39, 0.29) is 17.9 Å². The van der Waals surface area contributed by atoms with Gasteiger partial charge in [-0.1, -0.05) is 12.1 Å². The number of nitrogens with zero attached hydrogens (tertiary/aromatic N) is 1. The Morgan fingerprint density at radius 1 is 1.42 bits per heavy atom. The Labute approximate surface area is 145 Å². The third-order valence-electron chi connectivity index (χ3n) is 4.09. The van der Waals surface area contributed by atoms with E-state index in [1.54, 1.807) is 0 Å². The van der Waals surface area contributed by atoms with Crippen LogP contribution in [0.25, 0.3) is 0 Å². The first-order valence-electron chi connectivity index (χ1n) is 7.52. The van der Waals surface area contributed by atoms with E-state index in [9.17, 15) is 38.0 Å². The highest BCUT2D eigenvalue weighted by atomic mass is 19.4. The maximum atomic E-state index is 13.4. The lowest BCUT2D eigenvalue weighted by molar-refractivity contribution is -0.384. The molecule has 11 heteroatoms. The first kappa shape index (κ1) is 19.6. The number of rotatable bonds is 4. The second kappa shape index (κ2) is 6.90. The lowest BCUT2D eigenvalue weighted by Crippen LogP contribution is -2.69. The van der Waals surface area contributed by atoms with Crippen LogP contribution in [0, 0.1) is 16.0 Å². The third kappa shape index (κ3) is 3.47. The zero-order valence-electron chi connectivity index (χ0n) is 13.4. The molecule has 2 rings (SSSR count). The summed E-state index contributed by atoms with van der Waals surface area (Å²) in [6.07, 6.45) is -5.88. The van der Waals surface area contributed by atoms with Crippen LogP contribution in [0.4, 0.5) is 18.9 Å². The number of amides is 1. The van der Waals surface area contributed by atoms with Crippen LogP contribution in [0.1, 0.15) is 24.8 Å². The molecule has 1 aliphatic heterocycles. The lowest BCUT2D eigenvalue weighted by atomic mass is 9.74. The summed E-state index contributed by atoms with van der Waals surface area (Å²) in [5, 5.41) is 22.3. The Bertz CT molecular complexity index is 721. The van der Waals surface area contributed by atoms with Gasteiger partial charge in [-0.3, -0.25) is 19.7 Å². The number of ether oxygens (including phenoxy) is 1. The Hall–Kier alpha value is -2.69. The number of nitro benzene ring substituents is 1. The van der Waals surface area contributed by atoms with E-state index in [0.29, 0.717) is 0 Å².